The van der Waals surface area contributed by atoms with Gasteiger partial charge in [-0.25, -0.2) is 4.98 Å². The molecule has 0 saturated carbocycles. The first-order valence-corrected chi connectivity index (χ1v) is 13.6. The SMILES string of the molecule is Nc1ccc2c(c1)-c1nc(SCC(=O)NC[C@H]3CN(Cc4ccc(Cl)c(Cl)c4)CCO3)sc1C2. The number of rotatable bonds is 7. The van der Waals surface area contributed by atoms with Gasteiger partial charge < -0.3 is 15.8 Å². The number of thiazole rings is 1. The third kappa shape index (κ3) is 5.53. The normalized spacial score (nSPS) is 17.4. The highest BCUT2D eigenvalue weighted by Crippen LogP contribution is 2.42. The number of fused-ring (bicyclic) bond motifs is 3. The molecule has 1 amide bonds. The number of hydrogen-bond donors (Lipinski definition) is 2. The Bertz CT molecular complexity index is 1220. The monoisotopic (exact) mass is 534 g/mol. The standard InChI is InChI=1S/C24H24Cl2N4O2S2/c25-19-4-1-14(7-20(19)26)11-30-5-6-32-17(12-30)10-28-22(31)13-33-24-29-23-18-9-16(27)3-2-15(18)8-21(23)34-24/h1-4,7,9,17H,5-6,8,10-13,27H2,(H,28,31)/t17-/m0/s1. The lowest BCUT2D eigenvalue weighted by atomic mass is 10.1. The second-order valence-electron chi connectivity index (χ2n) is 8.41. The molecule has 1 saturated heterocycles. The smallest absolute Gasteiger partial charge is 0.230 e. The van der Waals surface area contributed by atoms with Gasteiger partial charge in [0.1, 0.15) is 0 Å². The molecule has 1 aromatic heterocycles. The Balaban J connectivity index is 1.08. The molecule has 1 aliphatic heterocycles. The number of thioether (sulfide) groups is 1. The number of morpholine rings is 1. The first-order chi connectivity index (χ1) is 16.4. The van der Waals surface area contributed by atoms with Crippen molar-refractivity contribution in [2.24, 2.45) is 0 Å². The van der Waals surface area contributed by atoms with Crippen molar-refractivity contribution in [1.29, 1.82) is 0 Å². The van der Waals surface area contributed by atoms with Gasteiger partial charge >= 0.3 is 0 Å². The summed E-state index contributed by atoms with van der Waals surface area (Å²) in [6.07, 6.45) is 0.837. The van der Waals surface area contributed by atoms with Crippen LogP contribution in [0.1, 0.15) is 16.0 Å². The van der Waals surface area contributed by atoms with Gasteiger partial charge in [-0.05, 0) is 35.4 Å². The van der Waals surface area contributed by atoms with E-state index in [2.05, 4.69) is 16.3 Å². The second kappa shape index (κ2) is 10.4. The van der Waals surface area contributed by atoms with Crippen LogP contribution in [0, 0.1) is 0 Å². The van der Waals surface area contributed by atoms with Crippen LogP contribution in [0.15, 0.2) is 40.7 Å². The number of anilines is 1. The number of carbonyl (C=O) groups is 1. The number of amides is 1. The van der Waals surface area contributed by atoms with Crippen LogP contribution >= 0.6 is 46.3 Å². The summed E-state index contributed by atoms with van der Waals surface area (Å²) in [7, 11) is 0. The lowest BCUT2D eigenvalue weighted by Gasteiger charge is -2.33. The van der Waals surface area contributed by atoms with E-state index in [-0.39, 0.29) is 12.0 Å². The van der Waals surface area contributed by atoms with Crippen molar-refractivity contribution in [1.82, 2.24) is 15.2 Å². The fourth-order valence-corrected chi connectivity index (χ4v) is 6.59. The van der Waals surface area contributed by atoms with Crippen molar-refractivity contribution in [3.05, 3.63) is 62.4 Å². The molecule has 1 aliphatic carbocycles. The predicted octanol–water partition coefficient (Wildman–Crippen LogP) is 4.71. The molecular weight excluding hydrogens is 511 g/mol. The van der Waals surface area contributed by atoms with Gasteiger partial charge in [-0.3, -0.25) is 9.69 Å². The van der Waals surface area contributed by atoms with E-state index >= 15 is 0 Å². The number of halogens is 2. The van der Waals surface area contributed by atoms with Crippen molar-refractivity contribution in [3.63, 3.8) is 0 Å². The summed E-state index contributed by atoms with van der Waals surface area (Å²) in [5, 5.41) is 4.13. The summed E-state index contributed by atoms with van der Waals surface area (Å²) in [5.74, 6) is 0.311. The number of ether oxygens (including phenoxy) is 1. The van der Waals surface area contributed by atoms with Crippen molar-refractivity contribution >= 4 is 57.9 Å². The van der Waals surface area contributed by atoms with Gasteiger partial charge in [0.25, 0.3) is 0 Å². The first kappa shape index (κ1) is 23.9. The zero-order chi connectivity index (χ0) is 23.7. The van der Waals surface area contributed by atoms with Crippen LogP contribution < -0.4 is 11.1 Å². The van der Waals surface area contributed by atoms with E-state index < -0.39 is 0 Å². The van der Waals surface area contributed by atoms with Gasteiger partial charge in [-0.2, -0.15) is 0 Å². The van der Waals surface area contributed by atoms with Crippen molar-refractivity contribution in [3.8, 4) is 11.3 Å². The highest BCUT2D eigenvalue weighted by Gasteiger charge is 2.24. The molecule has 3 N–H and O–H groups in total. The summed E-state index contributed by atoms with van der Waals surface area (Å²) in [5.41, 5.74) is 11.2. The van der Waals surface area contributed by atoms with E-state index in [4.69, 9.17) is 38.7 Å². The molecular formula is C24H24Cl2N4O2S2. The van der Waals surface area contributed by atoms with E-state index in [1.165, 1.54) is 22.2 Å². The molecule has 0 bridgehead atoms. The highest BCUT2D eigenvalue weighted by atomic mass is 35.5. The quantitative estimate of drug-likeness (QED) is 0.264. The number of carbonyl (C=O) groups excluding carboxylic acids is 1. The summed E-state index contributed by atoms with van der Waals surface area (Å²) in [6, 6.07) is 11.7. The minimum absolute atomic E-state index is 0.0183. The molecule has 178 valence electrons. The van der Waals surface area contributed by atoms with E-state index in [0.717, 1.165) is 52.9 Å². The number of aromatic nitrogens is 1. The minimum atomic E-state index is -0.0453. The third-order valence-corrected chi connectivity index (χ3v) is 8.82. The molecule has 1 atom stereocenters. The predicted molar refractivity (Wildman–Crippen MR) is 140 cm³/mol. The van der Waals surface area contributed by atoms with Gasteiger partial charge in [0.2, 0.25) is 5.91 Å². The molecule has 10 heteroatoms. The van der Waals surface area contributed by atoms with Gasteiger partial charge in [0.15, 0.2) is 4.34 Å². The Morgan fingerprint density at radius 1 is 1.26 bits per heavy atom. The number of nitrogens with zero attached hydrogens (tertiary/aromatic N) is 2. The van der Waals surface area contributed by atoms with Crippen LogP contribution in [0.5, 0.6) is 0 Å². The van der Waals surface area contributed by atoms with Crippen LogP contribution in [0.25, 0.3) is 11.3 Å². The number of nitrogens with one attached hydrogen (secondary N) is 1. The largest absolute Gasteiger partial charge is 0.399 e. The first-order valence-electron chi connectivity index (χ1n) is 11.0. The van der Waals surface area contributed by atoms with Crippen LogP contribution in [-0.4, -0.2) is 53.9 Å². The maximum Gasteiger partial charge on any atom is 0.230 e. The van der Waals surface area contributed by atoms with Crippen LogP contribution in [0.4, 0.5) is 5.69 Å². The summed E-state index contributed by atoms with van der Waals surface area (Å²) in [4.78, 5) is 20.7. The van der Waals surface area contributed by atoms with Crippen LogP contribution in [0.3, 0.4) is 0 Å². The molecule has 0 spiro atoms. The molecule has 2 aliphatic rings. The zero-order valence-electron chi connectivity index (χ0n) is 18.4. The molecule has 34 heavy (non-hydrogen) atoms. The Morgan fingerprint density at radius 2 is 2.15 bits per heavy atom. The summed E-state index contributed by atoms with van der Waals surface area (Å²) >= 11 is 15.3. The van der Waals surface area contributed by atoms with Crippen molar-refractivity contribution in [2.75, 3.05) is 37.7 Å². The molecule has 0 unspecified atom stereocenters. The lowest BCUT2D eigenvalue weighted by Crippen LogP contribution is -2.47. The number of nitrogen functional groups attached to an aromatic ring is 1. The number of nitrogens with two attached hydrogens (primary N) is 1. The molecule has 1 fully saturated rings. The zero-order valence-corrected chi connectivity index (χ0v) is 21.5. The maximum atomic E-state index is 12.5. The molecule has 5 rings (SSSR count). The van der Waals surface area contributed by atoms with Crippen LogP contribution in [-0.2, 0) is 22.5 Å². The van der Waals surface area contributed by atoms with Crippen LogP contribution in [0.2, 0.25) is 10.0 Å². The summed E-state index contributed by atoms with van der Waals surface area (Å²) in [6.45, 7) is 3.47. The average Bonchev–Trinajstić information content (AvgIpc) is 3.37. The number of hydrogen-bond acceptors (Lipinski definition) is 7. The Hall–Kier alpha value is -1.81. The highest BCUT2D eigenvalue weighted by molar-refractivity contribution is 8.01. The van der Waals surface area contributed by atoms with Gasteiger partial charge in [-0.15, -0.1) is 11.3 Å². The summed E-state index contributed by atoms with van der Waals surface area (Å²) < 4.78 is 6.77. The molecule has 3 aromatic rings. The fraction of sp³-hybridized carbons (Fsp3) is 0.333. The Labute approximate surface area is 216 Å². The van der Waals surface area contributed by atoms with Gasteiger partial charge in [0, 0.05) is 48.7 Å². The Morgan fingerprint density at radius 3 is 3.00 bits per heavy atom. The third-order valence-electron chi connectivity index (χ3n) is 5.88. The number of benzene rings is 2. The molecule has 0 radical (unpaired) electrons. The van der Waals surface area contributed by atoms with E-state index in [1.807, 2.05) is 30.3 Å². The minimum Gasteiger partial charge on any atom is -0.399 e. The van der Waals surface area contributed by atoms with E-state index in [0.29, 0.717) is 28.9 Å². The molecule has 2 aromatic carbocycles. The molecule has 2 heterocycles. The van der Waals surface area contributed by atoms with Crippen molar-refractivity contribution in [2.45, 2.75) is 23.4 Å². The lowest BCUT2D eigenvalue weighted by molar-refractivity contribution is -0.119. The van der Waals surface area contributed by atoms with Gasteiger partial charge in [0.05, 0.1) is 34.2 Å². The van der Waals surface area contributed by atoms with Crippen molar-refractivity contribution < 1.29 is 9.53 Å². The van der Waals surface area contributed by atoms with E-state index in [9.17, 15) is 4.79 Å². The topological polar surface area (TPSA) is 80.5 Å². The maximum absolute atomic E-state index is 12.5. The second-order valence-corrected chi connectivity index (χ2v) is 11.5. The fourth-order valence-electron chi connectivity index (χ4n) is 4.21. The Kier molecular flexibility index (Phi) is 7.34. The average molecular weight is 536 g/mol. The molecule has 6 nitrogen and oxygen atoms in total. The van der Waals surface area contributed by atoms with E-state index in [1.54, 1.807) is 11.3 Å². The van der Waals surface area contributed by atoms with Gasteiger partial charge in [-0.1, -0.05) is 47.1 Å².